The molecule has 20 heavy (non-hydrogen) atoms. The van der Waals surface area contributed by atoms with E-state index < -0.39 is 11.7 Å². The Hall–Kier alpha value is -2.11. The SMILES string of the molecule is CCc1nc(-c2cccc(C(F)(F)F)c2)c(C)c(=O)[nH]1. The van der Waals surface area contributed by atoms with Crippen LogP contribution in [-0.4, -0.2) is 9.97 Å². The lowest BCUT2D eigenvalue weighted by molar-refractivity contribution is -0.137. The Morgan fingerprint density at radius 3 is 2.60 bits per heavy atom. The Morgan fingerprint density at radius 2 is 2.00 bits per heavy atom. The lowest BCUT2D eigenvalue weighted by atomic mass is 10.0. The molecule has 3 nitrogen and oxygen atoms in total. The zero-order valence-corrected chi connectivity index (χ0v) is 11.0. The standard InChI is InChI=1S/C14H13F3N2O/c1-3-11-18-12(8(2)13(20)19-11)9-5-4-6-10(7-9)14(15,16)17/h4-7H,3H2,1-2H3,(H,18,19,20). The Kier molecular flexibility index (Phi) is 3.65. The maximum atomic E-state index is 12.7. The fraction of sp³-hybridized carbons (Fsp3) is 0.286. The molecule has 1 aromatic carbocycles. The first-order valence-electron chi connectivity index (χ1n) is 6.10. The molecule has 1 N–H and O–H groups in total. The molecule has 2 rings (SSSR count). The molecular formula is C14H13F3N2O. The third-order valence-corrected chi connectivity index (χ3v) is 3.00. The van der Waals surface area contributed by atoms with Crippen LogP contribution in [0.2, 0.25) is 0 Å². The van der Waals surface area contributed by atoms with Crippen LogP contribution in [-0.2, 0) is 12.6 Å². The van der Waals surface area contributed by atoms with Crippen LogP contribution in [0.25, 0.3) is 11.3 Å². The van der Waals surface area contributed by atoms with E-state index in [4.69, 9.17) is 0 Å². The van der Waals surface area contributed by atoms with E-state index in [9.17, 15) is 18.0 Å². The van der Waals surface area contributed by atoms with E-state index in [0.717, 1.165) is 12.1 Å². The molecule has 0 aliphatic rings. The summed E-state index contributed by atoms with van der Waals surface area (Å²) in [5, 5.41) is 0. The number of nitrogens with zero attached hydrogens (tertiary/aromatic N) is 1. The summed E-state index contributed by atoms with van der Waals surface area (Å²) in [6.45, 7) is 3.35. The van der Waals surface area contributed by atoms with E-state index in [1.165, 1.54) is 12.1 Å². The van der Waals surface area contributed by atoms with Crippen molar-refractivity contribution in [1.29, 1.82) is 0 Å². The molecule has 0 amide bonds. The van der Waals surface area contributed by atoms with E-state index in [-0.39, 0.29) is 16.8 Å². The van der Waals surface area contributed by atoms with Gasteiger partial charge >= 0.3 is 6.18 Å². The third kappa shape index (κ3) is 2.74. The van der Waals surface area contributed by atoms with Crippen LogP contribution in [0.15, 0.2) is 29.1 Å². The number of hydrogen-bond acceptors (Lipinski definition) is 2. The second-order valence-corrected chi connectivity index (χ2v) is 4.42. The first-order valence-corrected chi connectivity index (χ1v) is 6.10. The number of halogens is 3. The van der Waals surface area contributed by atoms with Crippen molar-refractivity contribution in [3.63, 3.8) is 0 Å². The number of rotatable bonds is 2. The van der Waals surface area contributed by atoms with Gasteiger partial charge in [-0.15, -0.1) is 0 Å². The van der Waals surface area contributed by atoms with Crippen LogP contribution >= 0.6 is 0 Å². The fourth-order valence-corrected chi connectivity index (χ4v) is 1.87. The van der Waals surface area contributed by atoms with E-state index in [1.807, 2.05) is 6.92 Å². The molecular weight excluding hydrogens is 269 g/mol. The summed E-state index contributed by atoms with van der Waals surface area (Å²) in [4.78, 5) is 18.6. The van der Waals surface area contributed by atoms with Gasteiger partial charge in [0.15, 0.2) is 0 Å². The highest BCUT2D eigenvalue weighted by atomic mass is 19.4. The predicted octanol–water partition coefficient (Wildman–Crippen LogP) is 3.33. The zero-order valence-electron chi connectivity index (χ0n) is 11.0. The summed E-state index contributed by atoms with van der Waals surface area (Å²) in [6, 6.07) is 4.83. The number of nitrogens with one attached hydrogen (secondary N) is 1. The number of aryl methyl sites for hydroxylation is 1. The summed E-state index contributed by atoms with van der Waals surface area (Å²) in [5.41, 5.74) is -0.199. The molecule has 1 aromatic heterocycles. The summed E-state index contributed by atoms with van der Waals surface area (Å²) < 4.78 is 38.2. The second kappa shape index (κ2) is 5.11. The first-order chi connectivity index (χ1) is 9.32. The van der Waals surface area contributed by atoms with Crippen molar-refractivity contribution in [3.05, 3.63) is 51.6 Å². The van der Waals surface area contributed by atoms with Crippen LogP contribution < -0.4 is 5.56 Å². The minimum absolute atomic E-state index is 0.289. The molecule has 6 heteroatoms. The van der Waals surface area contributed by atoms with Gasteiger partial charge in [-0.05, 0) is 19.1 Å². The highest BCUT2D eigenvalue weighted by Crippen LogP contribution is 2.32. The van der Waals surface area contributed by atoms with Gasteiger partial charge in [0.25, 0.3) is 5.56 Å². The normalized spacial score (nSPS) is 11.7. The first kappa shape index (κ1) is 14.3. The molecule has 0 aliphatic carbocycles. The molecule has 0 bridgehead atoms. The van der Waals surface area contributed by atoms with Gasteiger partial charge in [-0.1, -0.05) is 19.1 Å². The van der Waals surface area contributed by atoms with Gasteiger partial charge in [-0.3, -0.25) is 4.79 Å². The maximum Gasteiger partial charge on any atom is 0.416 e. The monoisotopic (exact) mass is 282 g/mol. The zero-order chi connectivity index (χ0) is 14.9. The Labute approximate surface area is 113 Å². The lowest BCUT2D eigenvalue weighted by Crippen LogP contribution is -2.16. The average Bonchev–Trinajstić information content (AvgIpc) is 2.41. The van der Waals surface area contributed by atoms with Crippen LogP contribution in [0.5, 0.6) is 0 Å². The Balaban J connectivity index is 2.63. The highest BCUT2D eigenvalue weighted by Gasteiger charge is 2.30. The second-order valence-electron chi connectivity index (χ2n) is 4.42. The topological polar surface area (TPSA) is 45.8 Å². The van der Waals surface area contributed by atoms with Gasteiger partial charge in [0.1, 0.15) is 5.82 Å². The molecule has 2 aromatic rings. The van der Waals surface area contributed by atoms with Gasteiger partial charge in [0.2, 0.25) is 0 Å². The maximum absolute atomic E-state index is 12.7. The van der Waals surface area contributed by atoms with Crippen molar-refractivity contribution in [2.75, 3.05) is 0 Å². The fourth-order valence-electron chi connectivity index (χ4n) is 1.87. The number of hydrogen-bond donors (Lipinski definition) is 1. The van der Waals surface area contributed by atoms with Gasteiger partial charge in [0.05, 0.1) is 11.3 Å². The highest BCUT2D eigenvalue weighted by molar-refractivity contribution is 5.63. The van der Waals surface area contributed by atoms with Crippen molar-refractivity contribution in [2.24, 2.45) is 0 Å². The minimum Gasteiger partial charge on any atom is -0.310 e. The van der Waals surface area contributed by atoms with Crippen molar-refractivity contribution in [3.8, 4) is 11.3 Å². The number of aromatic amines is 1. The van der Waals surface area contributed by atoms with Crippen LogP contribution in [0.1, 0.15) is 23.9 Å². The quantitative estimate of drug-likeness (QED) is 0.918. The van der Waals surface area contributed by atoms with Crippen LogP contribution in [0.3, 0.4) is 0 Å². The molecule has 0 radical (unpaired) electrons. The summed E-state index contributed by atoms with van der Waals surface area (Å²) in [6.07, 6.45) is -3.92. The van der Waals surface area contributed by atoms with Gasteiger partial charge in [-0.25, -0.2) is 4.98 Å². The predicted molar refractivity (Wildman–Crippen MR) is 69.4 cm³/mol. The smallest absolute Gasteiger partial charge is 0.310 e. The molecule has 0 saturated carbocycles. The van der Waals surface area contributed by atoms with E-state index in [2.05, 4.69) is 9.97 Å². The number of benzene rings is 1. The molecule has 0 atom stereocenters. The van der Waals surface area contributed by atoms with Gasteiger partial charge in [-0.2, -0.15) is 13.2 Å². The molecule has 0 fully saturated rings. The summed E-state index contributed by atoms with van der Waals surface area (Å²) in [7, 11) is 0. The lowest BCUT2D eigenvalue weighted by Gasteiger charge is -2.10. The van der Waals surface area contributed by atoms with Crippen LogP contribution in [0.4, 0.5) is 13.2 Å². The number of alkyl halides is 3. The molecule has 0 spiro atoms. The molecule has 106 valence electrons. The van der Waals surface area contributed by atoms with Crippen molar-refractivity contribution >= 4 is 0 Å². The number of H-pyrrole nitrogens is 1. The minimum atomic E-state index is -4.42. The third-order valence-electron chi connectivity index (χ3n) is 3.00. The summed E-state index contributed by atoms with van der Waals surface area (Å²) >= 11 is 0. The van der Waals surface area contributed by atoms with E-state index >= 15 is 0 Å². The van der Waals surface area contributed by atoms with Gasteiger partial charge < -0.3 is 4.98 Å². The number of aromatic nitrogens is 2. The molecule has 1 heterocycles. The van der Waals surface area contributed by atoms with E-state index in [0.29, 0.717) is 17.8 Å². The van der Waals surface area contributed by atoms with Crippen LogP contribution in [0, 0.1) is 6.92 Å². The van der Waals surface area contributed by atoms with Gasteiger partial charge in [0, 0.05) is 17.5 Å². The van der Waals surface area contributed by atoms with Crippen molar-refractivity contribution in [1.82, 2.24) is 9.97 Å². The van der Waals surface area contributed by atoms with Crippen molar-refractivity contribution < 1.29 is 13.2 Å². The van der Waals surface area contributed by atoms with E-state index in [1.54, 1.807) is 6.92 Å². The Bertz CT molecular complexity index is 690. The summed E-state index contributed by atoms with van der Waals surface area (Å²) in [5.74, 6) is 0.452. The molecule has 0 saturated heterocycles. The Morgan fingerprint density at radius 1 is 1.30 bits per heavy atom. The van der Waals surface area contributed by atoms with Crippen molar-refractivity contribution in [2.45, 2.75) is 26.4 Å². The average molecular weight is 282 g/mol. The molecule has 0 unspecified atom stereocenters. The largest absolute Gasteiger partial charge is 0.416 e. The molecule has 0 aliphatic heterocycles.